The molecular formula is C61H56ClN9O12S. The van der Waals surface area contributed by atoms with E-state index in [4.69, 9.17) is 25.8 Å². The normalized spacial score (nSPS) is 16.7. The summed E-state index contributed by atoms with van der Waals surface area (Å²) in [5.41, 5.74) is 4.47. The molecule has 7 aromatic rings. The molecule has 4 aliphatic heterocycles. The van der Waals surface area contributed by atoms with Crippen LogP contribution in [0.1, 0.15) is 80.7 Å². The maximum atomic E-state index is 14.1. The Kier molecular flexibility index (Phi) is 16.7. The van der Waals surface area contributed by atoms with Crippen molar-refractivity contribution in [3.8, 4) is 40.2 Å². The molecule has 23 heteroatoms. The number of nitro benzene ring substituents is 1. The maximum absolute atomic E-state index is 14.1. The third-order valence-electron chi connectivity index (χ3n) is 15.2. The molecule has 2 aromatic heterocycles. The van der Waals surface area contributed by atoms with Gasteiger partial charge in [0.15, 0.2) is 0 Å². The van der Waals surface area contributed by atoms with Crippen LogP contribution in [-0.4, -0.2) is 121 Å². The van der Waals surface area contributed by atoms with Crippen molar-refractivity contribution < 1.29 is 51.5 Å². The number of piperazine rings is 1. The summed E-state index contributed by atoms with van der Waals surface area (Å²) in [7, 11) is -4.64. The minimum atomic E-state index is -4.64. The highest BCUT2D eigenvalue weighted by Gasteiger charge is 2.45. The van der Waals surface area contributed by atoms with Crippen molar-refractivity contribution in [1.29, 1.82) is 0 Å². The number of amides is 5. The number of fused-ring (bicyclic) bond motifs is 2. The van der Waals surface area contributed by atoms with Gasteiger partial charge in [0.25, 0.3) is 33.4 Å². The van der Waals surface area contributed by atoms with Crippen LogP contribution in [0, 0.1) is 27.9 Å². The van der Waals surface area contributed by atoms with Gasteiger partial charge in [0, 0.05) is 111 Å². The molecule has 5 aromatic carbocycles. The first-order valence-electron chi connectivity index (χ1n) is 27.4. The van der Waals surface area contributed by atoms with Crippen molar-refractivity contribution in [3.05, 3.63) is 165 Å². The van der Waals surface area contributed by atoms with Crippen molar-refractivity contribution >= 4 is 79.3 Å². The average molecular weight is 1170 g/mol. The van der Waals surface area contributed by atoms with E-state index in [9.17, 15) is 42.5 Å². The lowest BCUT2D eigenvalue weighted by molar-refractivity contribution is -0.384. The van der Waals surface area contributed by atoms with E-state index in [1.54, 1.807) is 36.5 Å². The van der Waals surface area contributed by atoms with Crippen molar-refractivity contribution in [2.24, 2.45) is 5.92 Å². The molecule has 1 atom stereocenters. The average Bonchev–Trinajstić information content (AvgIpc) is 4.30. The van der Waals surface area contributed by atoms with E-state index in [2.05, 4.69) is 47.0 Å². The van der Waals surface area contributed by atoms with Crippen LogP contribution in [0.15, 0.2) is 126 Å². The second kappa shape index (κ2) is 24.8. The van der Waals surface area contributed by atoms with Gasteiger partial charge in [0.2, 0.25) is 11.8 Å². The van der Waals surface area contributed by atoms with Crippen molar-refractivity contribution in [3.63, 3.8) is 0 Å². The Morgan fingerprint density at radius 2 is 1.67 bits per heavy atom. The fraction of sp³-hybridized carbons (Fsp3) is 0.279. The lowest BCUT2D eigenvalue weighted by Crippen LogP contribution is -2.54. The number of hydrogen-bond donors (Lipinski definition) is 4. The topological polar surface area (TPSA) is 265 Å². The molecule has 3 fully saturated rings. The molecule has 0 bridgehead atoms. The summed E-state index contributed by atoms with van der Waals surface area (Å²) in [6.45, 7) is 4.85. The van der Waals surface area contributed by atoms with Gasteiger partial charge in [0.05, 0.1) is 39.3 Å². The number of hydrogen-bond acceptors (Lipinski definition) is 16. The fourth-order valence-electron chi connectivity index (χ4n) is 10.8. The van der Waals surface area contributed by atoms with Gasteiger partial charge in [-0.05, 0) is 109 Å². The maximum Gasteiger partial charge on any atom is 0.293 e. The molecular weight excluding hydrogens is 1120 g/mol. The zero-order chi connectivity index (χ0) is 58.5. The van der Waals surface area contributed by atoms with Crippen LogP contribution in [-0.2, 0) is 30.9 Å². The van der Waals surface area contributed by atoms with Crippen LogP contribution in [0.3, 0.4) is 0 Å². The van der Waals surface area contributed by atoms with Crippen LogP contribution in [0.25, 0.3) is 22.2 Å². The fourth-order valence-corrected chi connectivity index (χ4v) is 11.9. The van der Waals surface area contributed by atoms with Gasteiger partial charge in [0.1, 0.15) is 34.6 Å². The van der Waals surface area contributed by atoms with Crippen LogP contribution >= 0.6 is 11.6 Å². The summed E-state index contributed by atoms with van der Waals surface area (Å²) in [6.07, 6.45) is 5.81. The Morgan fingerprint density at radius 3 is 2.45 bits per heavy atom. The van der Waals surface area contributed by atoms with Gasteiger partial charge >= 0.3 is 0 Å². The number of carbonyl (C=O) groups excluding carboxylic acids is 5. The van der Waals surface area contributed by atoms with Crippen LogP contribution < -0.4 is 29.7 Å². The first-order valence-corrected chi connectivity index (χ1v) is 29.3. The molecule has 0 radical (unpaired) electrons. The van der Waals surface area contributed by atoms with E-state index in [0.717, 1.165) is 45.9 Å². The predicted molar refractivity (Wildman–Crippen MR) is 311 cm³/mol. The number of anilines is 2. The number of nitrogens with zero attached hydrogens (tertiary/aromatic N) is 5. The Balaban J connectivity index is 0.771. The van der Waals surface area contributed by atoms with E-state index in [0.29, 0.717) is 105 Å². The predicted octanol–water partition coefficient (Wildman–Crippen LogP) is 8.48. The number of unbranched alkanes of at least 4 members (excludes halogenated alkanes) is 1. The molecule has 11 rings (SSSR count). The molecule has 3 saturated heterocycles. The van der Waals surface area contributed by atoms with Gasteiger partial charge < -0.3 is 29.4 Å². The molecule has 430 valence electrons. The molecule has 0 aliphatic carbocycles. The van der Waals surface area contributed by atoms with Crippen LogP contribution in [0.5, 0.6) is 17.2 Å². The van der Waals surface area contributed by atoms with Gasteiger partial charge in [-0.25, -0.2) is 18.1 Å². The highest BCUT2D eigenvalue weighted by Crippen LogP contribution is 2.37. The summed E-state index contributed by atoms with van der Waals surface area (Å²) >= 11 is 6.33. The highest BCUT2D eigenvalue weighted by molar-refractivity contribution is 7.90. The molecule has 84 heavy (non-hydrogen) atoms. The number of rotatable bonds is 18. The van der Waals surface area contributed by atoms with E-state index in [1.807, 2.05) is 48.5 Å². The smallest absolute Gasteiger partial charge is 0.293 e. The second-order valence-corrected chi connectivity index (χ2v) is 22.8. The minimum absolute atomic E-state index is 0.0188. The van der Waals surface area contributed by atoms with Crippen molar-refractivity contribution in [2.75, 3.05) is 62.8 Å². The number of piperidine rings is 1. The Morgan fingerprint density at radius 1 is 0.881 bits per heavy atom. The Hall–Kier alpha value is -9.14. The standard InChI is InChI=1S/C61H56ClN9O12S/c62-42-13-11-39(12-14-42)46-8-5-10-53(82-29-3-1-2-6-40-7-4-9-48-56(40)61(76)70(60(48)75)51-19-20-55(72)66-59(51)74)49(46)37-68-25-27-69(28-26-68)43-15-17-47(54(33-43)83-44-32-41-21-24-63-57(41)65-36-44)58(73)67-84(79,80)45-16-18-50(52(34-45)71(77)78)64-35-38-22-30-81-31-23-38/h4-5,7-18,21,24,32-34,36,38,51,64H,1,3,19-20,22-23,25-31,35,37H2,(H,63,65)(H,67,73)(H,66,72,74). The molecule has 4 aliphatic rings. The molecule has 1 unspecified atom stereocenters. The summed E-state index contributed by atoms with van der Waals surface area (Å²) < 4.78 is 48.1. The molecule has 6 heterocycles. The Bertz CT molecular complexity index is 3920. The molecule has 5 amide bonds. The number of imide groups is 2. The number of aromatic nitrogens is 2. The zero-order valence-electron chi connectivity index (χ0n) is 45.2. The second-order valence-electron chi connectivity index (χ2n) is 20.7. The number of sulfonamides is 1. The Labute approximate surface area is 487 Å². The monoisotopic (exact) mass is 1170 g/mol. The number of ether oxygens (including phenoxy) is 3. The third-order valence-corrected chi connectivity index (χ3v) is 16.8. The quantitative estimate of drug-likeness (QED) is 0.0206. The number of H-pyrrole nitrogens is 1. The number of halogens is 1. The minimum Gasteiger partial charge on any atom is -0.493 e. The SMILES string of the molecule is O=C1CCC(N2C(=O)c3cccc(C#CCCCOc4cccc(-c5ccc(Cl)cc5)c4CN4CCN(c5ccc(C(=O)NS(=O)(=O)c6ccc(NCC7CCOCC7)c([N+](=O)[O-])c6)c(Oc6cnc7[nH]ccc7c6)c5)CC4)c3C2=O)C(=O)N1. The van der Waals surface area contributed by atoms with Gasteiger partial charge in [-0.1, -0.05) is 53.8 Å². The third kappa shape index (κ3) is 12.4. The number of pyridine rings is 1. The molecule has 4 N–H and O–H groups in total. The van der Waals surface area contributed by atoms with Gasteiger partial charge in [-0.3, -0.25) is 49.2 Å². The van der Waals surface area contributed by atoms with E-state index in [-0.39, 0.29) is 46.9 Å². The molecule has 21 nitrogen and oxygen atoms in total. The van der Waals surface area contributed by atoms with Crippen LogP contribution in [0.2, 0.25) is 5.02 Å². The number of carbonyl (C=O) groups is 5. The van der Waals surface area contributed by atoms with Crippen molar-refractivity contribution in [1.82, 2.24) is 29.8 Å². The summed E-state index contributed by atoms with van der Waals surface area (Å²) in [5.74, 6) is 4.09. The van der Waals surface area contributed by atoms with Crippen molar-refractivity contribution in [2.45, 2.75) is 56.0 Å². The first-order chi connectivity index (χ1) is 40.7. The summed E-state index contributed by atoms with van der Waals surface area (Å²) in [5, 5.41) is 18.8. The van der Waals surface area contributed by atoms with E-state index in [1.165, 1.54) is 30.5 Å². The number of nitro groups is 1. The first kappa shape index (κ1) is 56.7. The van der Waals surface area contributed by atoms with E-state index >= 15 is 0 Å². The lowest BCUT2D eigenvalue weighted by atomic mass is 9.98. The molecule has 0 saturated carbocycles. The summed E-state index contributed by atoms with van der Waals surface area (Å²) in [4.78, 5) is 89.4. The van der Waals surface area contributed by atoms with E-state index < -0.39 is 61.1 Å². The summed E-state index contributed by atoms with van der Waals surface area (Å²) in [6, 6.07) is 29.2. The highest BCUT2D eigenvalue weighted by atomic mass is 35.5. The van der Waals surface area contributed by atoms with Gasteiger partial charge in [-0.15, -0.1) is 0 Å². The van der Waals surface area contributed by atoms with Crippen LogP contribution in [0.4, 0.5) is 17.1 Å². The number of benzene rings is 5. The zero-order valence-corrected chi connectivity index (χ0v) is 46.8. The van der Waals surface area contributed by atoms with Gasteiger partial charge in [-0.2, -0.15) is 0 Å². The number of aromatic amines is 1. The number of nitrogens with one attached hydrogen (secondary N) is 4. The lowest BCUT2D eigenvalue weighted by Gasteiger charge is -2.37. The molecule has 0 spiro atoms. The largest absolute Gasteiger partial charge is 0.493 e.